The Kier molecular flexibility index (Phi) is 6.72. The lowest BCUT2D eigenvalue weighted by molar-refractivity contribution is -0.384. The molecule has 1 unspecified atom stereocenters. The molecule has 1 aliphatic heterocycles. The fourth-order valence-corrected chi connectivity index (χ4v) is 4.06. The van der Waals surface area contributed by atoms with Crippen LogP contribution in [0.15, 0.2) is 84.9 Å². The first-order chi connectivity index (χ1) is 17.9. The Balaban J connectivity index is 1.41. The molecule has 3 aromatic carbocycles. The van der Waals surface area contributed by atoms with Crippen molar-refractivity contribution >= 4 is 58.5 Å². The van der Waals surface area contributed by atoms with Crippen molar-refractivity contribution in [3.63, 3.8) is 0 Å². The van der Waals surface area contributed by atoms with Gasteiger partial charge in [0, 0.05) is 34.0 Å². The number of carbonyl (C=O) groups excluding carboxylic acids is 1. The van der Waals surface area contributed by atoms with Gasteiger partial charge in [0.2, 0.25) is 5.95 Å². The second-order valence-electron chi connectivity index (χ2n) is 8.09. The van der Waals surface area contributed by atoms with E-state index in [1.54, 1.807) is 41.1 Å². The van der Waals surface area contributed by atoms with Gasteiger partial charge in [0.1, 0.15) is 6.04 Å². The SMILES string of the molecule is O=C(/C=C/c1cccc([N+](=O)[O-])c1)Nc1nc2n(n1)C(c1ccc(Cl)cc1)C=C(c1ccc(Cl)cc1)N2. The van der Waals surface area contributed by atoms with Gasteiger partial charge in [-0.25, -0.2) is 4.68 Å². The molecule has 37 heavy (non-hydrogen) atoms. The van der Waals surface area contributed by atoms with Gasteiger partial charge in [0.25, 0.3) is 17.5 Å². The number of amides is 1. The number of aromatic nitrogens is 3. The Hall–Kier alpha value is -4.47. The molecule has 184 valence electrons. The number of hydrogen-bond donors (Lipinski definition) is 2. The molecule has 0 saturated heterocycles. The van der Waals surface area contributed by atoms with Gasteiger partial charge in [-0.05, 0) is 53.1 Å². The molecule has 0 saturated carbocycles. The van der Waals surface area contributed by atoms with Crippen molar-refractivity contribution in [3.05, 3.63) is 122 Å². The summed E-state index contributed by atoms with van der Waals surface area (Å²) in [6.07, 6.45) is 4.75. The summed E-state index contributed by atoms with van der Waals surface area (Å²) < 4.78 is 1.67. The lowest BCUT2D eigenvalue weighted by atomic mass is 10.0. The molecule has 5 rings (SSSR count). The van der Waals surface area contributed by atoms with Crippen LogP contribution in [0.2, 0.25) is 10.0 Å². The van der Waals surface area contributed by atoms with E-state index in [-0.39, 0.29) is 17.7 Å². The smallest absolute Gasteiger partial charge is 0.270 e. The Morgan fingerprint density at radius 3 is 2.46 bits per heavy atom. The lowest BCUT2D eigenvalue weighted by Gasteiger charge is -2.24. The fraction of sp³-hybridized carbons (Fsp3) is 0.0385. The molecule has 2 N–H and O–H groups in total. The van der Waals surface area contributed by atoms with E-state index in [1.165, 1.54) is 24.3 Å². The van der Waals surface area contributed by atoms with Crippen LogP contribution in [-0.2, 0) is 4.79 Å². The van der Waals surface area contributed by atoms with Crippen molar-refractivity contribution in [2.75, 3.05) is 10.6 Å². The molecule has 11 heteroatoms. The standard InChI is InChI=1S/C26H18Cl2N6O3/c27-19-9-5-17(6-10-19)22-15-23(18-7-11-20(28)12-8-18)33-26(29-22)31-25(32-33)30-24(35)13-4-16-2-1-3-21(14-16)34(36)37/h1-15,23H,(H2,29,30,31,32,35)/b13-4+. The number of benzene rings is 3. The number of fused-ring (bicyclic) bond motifs is 1. The summed E-state index contributed by atoms with van der Waals surface area (Å²) in [4.78, 5) is 27.5. The molecule has 1 amide bonds. The second kappa shape index (κ2) is 10.3. The average molecular weight is 533 g/mol. The lowest BCUT2D eigenvalue weighted by Crippen LogP contribution is -2.20. The predicted octanol–water partition coefficient (Wildman–Crippen LogP) is 6.20. The van der Waals surface area contributed by atoms with E-state index in [2.05, 4.69) is 20.7 Å². The van der Waals surface area contributed by atoms with Crippen molar-refractivity contribution in [2.45, 2.75) is 6.04 Å². The third-order valence-corrected chi connectivity index (χ3v) is 6.08. The number of non-ortho nitro benzene ring substituents is 1. The van der Waals surface area contributed by atoms with Crippen molar-refractivity contribution in [1.82, 2.24) is 14.8 Å². The summed E-state index contributed by atoms with van der Waals surface area (Å²) in [6, 6.07) is 20.4. The van der Waals surface area contributed by atoms with Crippen LogP contribution in [0.1, 0.15) is 22.7 Å². The van der Waals surface area contributed by atoms with Gasteiger partial charge in [-0.2, -0.15) is 4.98 Å². The normalized spacial score (nSPS) is 14.5. The summed E-state index contributed by atoms with van der Waals surface area (Å²) in [5, 5.41) is 22.6. The Bertz CT molecular complexity index is 1550. The third kappa shape index (κ3) is 5.53. The molecule has 0 bridgehead atoms. The highest BCUT2D eigenvalue weighted by Gasteiger charge is 2.25. The van der Waals surface area contributed by atoms with Gasteiger partial charge < -0.3 is 5.32 Å². The monoisotopic (exact) mass is 532 g/mol. The topological polar surface area (TPSA) is 115 Å². The van der Waals surface area contributed by atoms with E-state index in [4.69, 9.17) is 23.2 Å². The van der Waals surface area contributed by atoms with Crippen molar-refractivity contribution < 1.29 is 9.72 Å². The van der Waals surface area contributed by atoms with E-state index < -0.39 is 10.8 Å². The van der Waals surface area contributed by atoms with Gasteiger partial charge in [0.15, 0.2) is 0 Å². The zero-order valence-corrected chi connectivity index (χ0v) is 20.5. The average Bonchev–Trinajstić information content (AvgIpc) is 3.30. The molecule has 0 spiro atoms. The maximum atomic E-state index is 12.5. The molecule has 0 radical (unpaired) electrons. The minimum Gasteiger partial charge on any atom is -0.324 e. The maximum Gasteiger partial charge on any atom is 0.270 e. The number of nitro groups is 1. The first-order valence-corrected chi connectivity index (χ1v) is 11.8. The van der Waals surface area contributed by atoms with Crippen LogP contribution in [0.5, 0.6) is 0 Å². The summed E-state index contributed by atoms with van der Waals surface area (Å²) in [5.41, 5.74) is 3.09. The minimum atomic E-state index is -0.493. The van der Waals surface area contributed by atoms with Gasteiger partial charge in [-0.15, -0.1) is 5.10 Å². The molecule has 1 aliphatic rings. The third-order valence-electron chi connectivity index (χ3n) is 5.58. The van der Waals surface area contributed by atoms with Gasteiger partial charge >= 0.3 is 0 Å². The zero-order chi connectivity index (χ0) is 25.9. The number of nitrogens with one attached hydrogen (secondary N) is 2. The van der Waals surface area contributed by atoms with E-state index in [0.717, 1.165) is 16.8 Å². The molecular weight excluding hydrogens is 515 g/mol. The van der Waals surface area contributed by atoms with Crippen LogP contribution >= 0.6 is 23.2 Å². The highest BCUT2D eigenvalue weighted by Crippen LogP contribution is 2.34. The zero-order valence-electron chi connectivity index (χ0n) is 19.0. The van der Waals surface area contributed by atoms with E-state index in [1.807, 2.05) is 30.3 Å². The minimum absolute atomic E-state index is 0.0608. The first-order valence-electron chi connectivity index (χ1n) is 11.1. The number of anilines is 2. The number of rotatable bonds is 6. The maximum absolute atomic E-state index is 12.5. The van der Waals surface area contributed by atoms with E-state index in [0.29, 0.717) is 21.6 Å². The highest BCUT2D eigenvalue weighted by molar-refractivity contribution is 6.30. The molecule has 4 aromatic rings. The number of allylic oxidation sites excluding steroid dienone is 1. The molecule has 1 atom stereocenters. The summed E-state index contributed by atoms with van der Waals surface area (Å²) in [7, 11) is 0. The molecule has 0 aliphatic carbocycles. The second-order valence-corrected chi connectivity index (χ2v) is 8.96. The highest BCUT2D eigenvalue weighted by atomic mass is 35.5. The Morgan fingerprint density at radius 2 is 1.76 bits per heavy atom. The Labute approximate surface area is 221 Å². The number of nitro benzene ring substituents is 1. The number of hydrogen-bond acceptors (Lipinski definition) is 6. The van der Waals surface area contributed by atoms with Crippen LogP contribution in [-0.4, -0.2) is 25.6 Å². The summed E-state index contributed by atoms with van der Waals surface area (Å²) >= 11 is 12.1. The molecular formula is C26H18Cl2N6O3. The first kappa shape index (κ1) is 24.2. The van der Waals surface area contributed by atoms with Crippen LogP contribution in [0.3, 0.4) is 0 Å². The molecule has 2 heterocycles. The van der Waals surface area contributed by atoms with Gasteiger partial charge in [-0.3, -0.25) is 20.2 Å². The van der Waals surface area contributed by atoms with Gasteiger partial charge in [-0.1, -0.05) is 59.6 Å². The Morgan fingerprint density at radius 1 is 1.05 bits per heavy atom. The molecule has 9 nitrogen and oxygen atoms in total. The van der Waals surface area contributed by atoms with Crippen molar-refractivity contribution in [1.29, 1.82) is 0 Å². The largest absolute Gasteiger partial charge is 0.324 e. The van der Waals surface area contributed by atoms with Gasteiger partial charge in [0.05, 0.1) is 4.92 Å². The number of carbonyl (C=O) groups is 1. The van der Waals surface area contributed by atoms with E-state index in [9.17, 15) is 14.9 Å². The van der Waals surface area contributed by atoms with Crippen molar-refractivity contribution in [3.8, 4) is 0 Å². The predicted molar refractivity (Wildman–Crippen MR) is 143 cm³/mol. The number of nitrogens with zero attached hydrogens (tertiary/aromatic N) is 4. The fourth-order valence-electron chi connectivity index (χ4n) is 3.81. The molecule has 1 aromatic heterocycles. The van der Waals surface area contributed by atoms with Crippen LogP contribution in [0.4, 0.5) is 17.6 Å². The summed E-state index contributed by atoms with van der Waals surface area (Å²) in [5.74, 6) is 0.0506. The van der Waals surface area contributed by atoms with Crippen LogP contribution < -0.4 is 10.6 Å². The summed E-state index contributed by atoms with van der Waals surface area (Å²) in [6.45, 7) is 0. The van der Waals surface area contributed by atoms with Crippen LogP contribution in [0.25, 0.3) is 11.8 Å². The van der Waals surface area contributed by atoms with E-state index >= 15 is 0 Å². The number of halogens is 2. The quantitative estimate of drug-likeness (QED) is 0.173. The van der Waals surface area contributed by atoms with Crippen LogP contribution in [0, 0.1) is 10.1 Å². The van der Waals surface area contributed by atoms with Crippen molar-refractivity contribution in [2.24, 2.45) is 0 Å². The molecule has 0 fully saturated rings.